The fourth-order valence-electron chi connectivity index (χ4n) is 8.00. The lowest BCUT2D eigenvalue weighted by molar-refractivity contribution is -0.138. The zero-order valence-corrected chi connectivity index (χ0v) is 42.8. The van der Waals surface area contributed by atoms with Crippen molar-refractivity contribution >= 4 is 47.4 Å². The van der Waals surface area contributed by atoms with Gasteiger partial charge in [-0.25, -0.2) is 48.9 Å². The molecule has 4 aliphatic heterocycles. The molecule has 4 unspecified atom stereocenters. The summed E-state index contributed by atoms with van der Waals surface area (Å²) in [5.74, 6) is -0.514. The Morgan fingerprint density at radius 3 is 0.912 bits per heavy atom. The third kappa shape index (κ3) is 14.0. The summed E-state index contributed by atoms with van der Waals surface area (Å²) in [6, 6.07) is 2.12. The molecule has 0 spiro atoms. The van der Waals surface area contributed by atoms with Gasteiger partial charge in [-0.1, -0.05) is 14.9 Å². The van der Waals surface area contributed by atoms with Crippen molar-refractivity contribution < 1.29 is 91.8 Å². The van der Waals surface area contributed by atoms with Crippen LogP contribution in [0.2, 0.25) is 0 Å². The Bertz CT molecular complexity index is 2610. The van der Waals surface area contributed by atoms with E-state index in [0.717, 1.165) is 87.2 Å². The fourth-order valence-corrected chi connectivity index (χ4v) is 8.00. The van der Waals surface area contributed by atoms with Crippen molar-refractivity contribution in [3.63, 3.8) is 0 Å². The molecule has 8 amide bonds. The normalized spacial score (nSPS) is 23.3. The first kappa shape index (κ1) is 67.0. The smallest absolute Gasteiger partial charge is 0.371 e. The number of aliphatic hydroxyl groups excluding tert-OH is 2. The molecule has 4 aliphatic rings. The van der Waals surface area contributed by atoms with E-state index < -0.39 is 89.6 Å². The molecule has 0 aromatic carbocycles. The van der Waals surface area contributed by atoms with Gasteiger partial charge in [0, 0.05) is 38.9 Å². The lowest BCUT2D eigenvalue weighted by Gasteiger charge is -2.21. The second kappa shape index (κ2) is 25.4. The number of anilines is 4. The molecular formula is C48H60F12N12O8. The second-order valence-electron chi connectivity index (χ2n) is 17.7. The van der Waals surface area contributed by atoms with E-state index in [2.05, 4.69) is 19.9 Å². The van der Waals surface area contributed by atoms with Crippen LogP contribution in [-0.2, 0) is 34.4 Å². The van der Waals surface area contributed by atoms with Crippen LogP contribution in [0.15, 0.2) is 73.3 Å². The zero-order chi connectivity index (χ0) is 58.9. The third-order valence-electron chi connectivity index (χ3n) is 13.0. The number of nitrogens with zero attached hydrogens (tertiary/aromatic N) is 12. The summed E-state index contributed by atoms with van der Waals surface area (Å²) in [7, 11) is 5.65. The summed E-state index contributed by atoms with van der Waals surface area (Å²) in [6.07, 6.45) is -16.6. The number of likely N-dealkylation sites (N-methyl/N-ethyl adjacent to an activating group) is 2. The summed E-state index contributed by atoms with van der Waals surface area (Å²) in [5.41, 5.74) is -3.52. The van der Waals surface area contributed by atoms with Crippen LogP contribution in [-0.4, -0.2) is 151 Å². The first-order chi connectivity index (χ1) is 36.0. The van der Waals surface area contributed by atoms with Crippen molar-refractivity contribution in [2.45, 2.75) is 130 Å². The number of hydroxylamine groups is 4. The van der Waals surface area contributed by atoms with Gasteiger partial charge in [-0.05, 0) is 90.1 Å². The van der Waals surface area contributed by atoms with E-state index in [0.29, 0.717) is 6.07 Å². The molecule has 444 valence electrons. The van der Waals surface area contributed by atoms with E-state index in [1.807, 2.05) is 6.92 Å². The van der Waals surface area contributed by atoms with E-state index in [1.54, 1.807) is 34.7 Å². The van der Waals surface area contributed by atoms with Gasteiger partial charge < -0.3 is 20.0 Å². The van der Waals surface area contributed by atoms with Gasteiger partial charge in [0.1, 0.15) is 29.3 Å². The summed E-state index contributed by atoms with van der Waals surface area (Å²) in [5, 5.41) is 21.8. The van der Waals surface area contributed by atoms with E-state index >= 15 is 0 Å². The minimum absolute atomic E-state index is 0. The molecule has 0 bridgehead atoms. The van der Waals surface area contributed by atoms with Gasteiger partial charge in [-0.2, -0.15) is 62.8 Å². The van der Waals surface area contributed by atoms with Crippen molar-refractivity contribution in [2.24, 2.45) is 0 Å². The Labute approximate surface area is 451 Å². The van der Waals surface area contributed by atoms with Gasteiger partial charge in [-0.3, -0.25) is 19.5 Å². The highest BCUT2D eigenvalue weighted by atomic mass is 19.4. The fraction of sp³-hybridized carbons (Fsp3) is 0.500. The molecule has 0 aliphatic carbocycles. The maximum absolute atomic E-state index is 12.7. The predicted molar refractivity (Wildman–Crippen MR) is 264 cm³/mol. The van der Waals surface area contributed by atoms with Crippen LogP contribution in [0, 0.1) is 0 Å². The average molecular weight is 1160 g/mol. The van der Waals surface area contributed by atoms with Crippen LogP contribution in [0.1, 0.15) is 78.6 Å². The van der Waals surface area contributed by atoms with Crippen LogP contribution in [0.25, 0.3) is 0 Å². The molecule has 4 fully saturated rings. The molecule has 32 heteroatoms. The number of urea groups is 4. The number of hydrogen-bond acceptors (Lipinski definition) is 12. The van der Waals surface area contributed by atoms with E-state index in [4.69, 9.17) is 9.68 Å². The standard InChI is InChI=1S/C12H14F3N3O2.C12H14F3N3O.C11H12F3N3O3.C11H12F3N3O2.2CH4/c1-7-8(2)18(20-3)11(19)17(7)10-6-9(4-5-16-10)12(13,14)15;1-7-8(2)18(11(19)17(7)3)10-6-9(4-5-16-10)12(13,14)15;1-6-9(18)16(10(19)17(6)20-2)8-5-7(3-4-15-8)11(12,13)14;1-6-9(18)17(10(19)16(6)2)8-5-7(3-4-15-8)11(12,13)14;;/h4-8H,1-3H3;4-8H,1-3H3;3-6,9,18H,1-2H3;3-6,9,18H,1-2H3;2*1H4/t7?,8-;7-,8?;2*6-,9?;;/m1100../s1. The maximum atomic E-state index is 12.7. The Morgan fingerprint density at radius 2 is 0.650 bits per heavy atom. The molecule has 0 radical (unpaired) electrons. The minimum atomic E-state index is -4.56. The summed E-state index contributed by atoms with van der Waals surface area (Å²) in [6.45, 7) is 10.2. The molecular weight excluding hydrogens is 1100 g/mol. The Balaban J connectivity index is 0.000000278. The SMILES string of the molecule is C.C.CC1[C@@H](C)N(C)C(=O)N1c1cc(C(F)(F)F)ccn1.CON1C(=O)N(c2cc(C(F)(F)F)ccn2)C(C)[C@H]1C.CON1C(=O)N(c2cc(C(F)(F)F)ccn2)C(O)[C@@H]1C.C[C@H]1C(O)N(c2cc(C(F)(F)F)ccn2)C(=O)N1C. The minimum Gasteiger partial charge on any atom is -0.371 e. The van der Waals surface area contributed by atoms with Crippen LogP contribution < -0.4 is 19.6 Å². The van der Waals surface area contributed by atoms with Gasteiger partial charge >= 0.3 is 48.8 Å². The van der Waals surface area contributed by atoms with E-state index in [9.17, 15) is 82.1 Å². The first-order valence-corrected chi connectivity index (χ1v) is 22.9. The van der Waals surface area contributed by atoms with Crippen molar-refractivity contribution in [1.29, 1.82) is 0 Å². The summed E-state index contributed by atoms with van der Waals surface area (Å²) in [4.78, 5) is 79.7. The molecule has 8 rings (SSSR count). The van der Waals surface area contributed by atoms with Crippen LogP contribution in [0.5, 0.6) is 0 Å². The molecule has 0 saturated carbocycles. The summed E-state index contributed by atoms with van der Waals surface area (Å²) >= 11 is 0. The maximum Gasteiger partial charge on any atom is 0.416 e. The molecule has 20 nitrogen and oxygen atoms in total. The topological polar surface area (TPSA) is 205 Å². The molecule has 2 N–H and O–H groups in total. The number of rotatable bonds is 6. The largest absolute Gasteiger partial charge is 0.416 e. The number of alkyl halides is 12. The van der Waals surface area contributed by atoms with Crippen molar-refractivity contribution in [3.8, 4) is 0 Å². The monoisotopic (exact) mass is 1160 g/mol. The molecule has 4 aromatic heterocycles. The lowest BCUT2D eigenvalue weighted by atomic mass is 10.1. The highest BCUT2D eigenvalue weighted by Gasteiger charge is 2.47. The molecule has 8 atom stereocenters. The van der Waals surface area contributed by atoms with Gasteiger partial charge in [-0.15, -0.1) is 0 Å². The molecule has 80 heavy (non-hydrogen) atoms. The van der Waals surface area contributed by atoms with Crippen LogP contribution in [0.3, 0.4) is 0 Å². The van der Waals surface area contributed by atoms with Crippen molar-refractivity contribution in [1.82, 2.24) is 39.9 Å². The number of aliphatic hydroxyl groups is 2. The average Bonchev–Trinajstić information content (AvgIpc) is 3.89. The van der Waals surface area contributed by atoms with Crippen LogP contribution in [0.4, 0.5) is 95.1 Å². The van der Waals surface area contributed by atoms with Gasteiger partial charge in [0.25, 0.3) is 0 Å². The number of carbonyl (C=O) groups excluding carboxylic acids is 4. The molecule has 4 aromatic rings. The first-order valence-electron chi connectivity index (χ1n) is 22.9. The lowest BCUT2D eigenvalue weighted by Crippen LogP contribution is -2.36. The summed E-state index contributed by atoms with van der Waals surface area (Å²) < 4.78 is 152. The Hall–Kier alpha value is -7.32. The van der Waals surface area contributed by atoms with Crippen LogP contribution >= 0.6 is 0 Å². The number of hydrogen-bond donors (Lipinski definition) is 2. The Morgan fingerprint density at radius 1 is 0.400 bits per heavy atom. The Kier molecular flexibility index (Phi) is 21.3. The van der Waals surface area contributed by atoms with Crippen molar-refractivity contribution in [3.05, 3.63) is 95.6 Å². The number of carbonyl (C=O) groups is 4. The zero-order valence-electron chi connectivity index (χ0n) is 42.8. The van der Waals surface area contributed by atoms with Crippen molar-refractivity contribution in [2.75, 3.05) is 47.9 Å². The number of aromatic nitrogens is 4. The van der Waals surface area contributed by atoms with Gasteiger partial charge in [0.15, 0.2) is 12.5 Å². The predicted octanol–water partition coefficient (Wildman–Crippen LogP) is 9.99. The number of pyridine rings is 4. The second-order valence-corrected chi connectivity index (χ2v) is 17.7. The quantitative estimate of drug-likeness (QED) is 0.173. The number of amides is 8. The van der Waals surface area contributed by atoms with E-state index in [-0.39, 0.29) is 68.3 Å². The highest BCUT2D eigenvalue weighted by molar-refractivity contribution is 5.96. The number of halogens is 12. The van der Waals surface area contributed by atoms with Gasteiger partial charge in [0.2, 0.25) is 0 Å². The molecule has 4 saturated heterocycles. The van der Waals surface area contributed by atoms with Gasteiger partial charge in [0.05, 0.1) is 66.7 Å². The van der Waals surface area contributed by atoms with E-state index in [1.165, 1.54) is 47.8 Å². The highest BCUT2D eigenvalue weighted by Crippen LogP contribution is 2.38. The third-order valence-corrected chi connectivity index (χ3v) is 13.0. The molecule has 8 heterocycles.